The molecule has 0 radical (unpaired) electrons. The average Bonchev–Trinajstić information content (AvgIpc) is 3.58. The number of H-pyrrole nitrogens is 1. The van der Waals surface area contributed by atoms with Gasteiger partial charge in [0, 0.05) is 43.6 Å². The molecular formula is C30H33FN6O4. The Balaban J connectivity index is 1.43. The van der Waals surface area contributed by atoms with Gasteiger partial charge in [0.15, 0.2) is 11.6 Å². The summed E-state index contributed by atoms with van der Waals surface area (Å²) >= 11 is 0. The first kappa shape index (κ1) is 26.8. The number of hydrogen-bond donors (Lipinski definition) is 3. The number of benzene rings is 1. The second-order valence-electron chi connectivity index (χ2n) is 10.9. The Bertz CT molecular complexity index is 1510. The Labute approximate surface area is 237 Å². The van der Waals surface area contributed by atoms with Gasteiger partial charge in [0.25, 0.3) is 5.91 Å². The normalized spacial score (nSPS) is 19.3. The van der Waals surface area contributed by atoms with E-state index in [0.717, 1.165) is 31.6 Å². The van der Waals surface area contributed by atoms with Gasteiger partial charge in [0.2, 0.25) is 5.91 Å². The summed E-state index contributed by atoms with van der Waals surface area (Å²) in [5.41, 5.74) is 3.21. The third-order valence-corrected chi connectivity index (χ3v) is 8.24. The SMILES string of the molecule is C=CC(=O)N1CCC[C@H]1COc1cnccc1-c1[nH]c2c(c1Nc1cccc(F)c1OC)C(=O)NCC21CN(C)C1. The summed E-state index contributed by atoms with van der Waals surface area (Å²) in [5.74, 6) is -0.313. The minimum atomic E-state index is -0.520. The van der Waals surface area contributed by atoms with Crippen LogP contribution < -0.4 is 20.1 Å². The summed E-state index contributed by atoms with van der Waals surface area (Å²) in [4.78, 5) is 37.6. The Morgan fingerprint density at radius 2 is 2.17 bits per heavy atom. The summed E-state index contributed by atoms with van der Waals surface area (Å²) in [6.45, 7) is 6.63. The largest absolute Gasteiger partial charge is 0.492 e. The second-order valence-corrected chi connectivity index (χ2v) is 10.9. The molecule has 214 valence electrons. The third kappa shape index (κ3) is 4.59. The van der Waals surface area contributed by atoms with Crippen LogP contribution in [0.5, 0.6) is 11.5 Å². The minimum absolute atomic E-state index is 0.0436. The van der Waals surface area contributed by atoms with Crippen molar-refractivity contribution < 1.29 is 23.5 Å². The highest BCUT2D eigenvalue weighted by molar-refractivity contribution is 6.07. The minimum Gasteiger partial charge on any atom is -0.492 e. The molecule has 41 heavy (non-hydrogen) atoms. The fraction of sp³-hybridized carbons (Fsp3) is 0.367. The predicted molar refractivity (Wildman–Crippen MR) is 152 cm³/mol. The number of aromatic amines is 1. The molecule has 10 nitrogen and oxygen atoms in total. The van der Waals surface area contributed by atoms with Crippen molar-refractivity contribution in [2.75, 3.05) is 52.3 Å². The maximum absolute atomic E-state index is 14.7. The molecular weight excluding hydrogens is 527 g/mol. The number of likely N-dealkylation sites (N-methyl/N-ethyl adjacent to an activating group) is 1. The maximum Gasteiger partial charge on any atom is 0.255 e. The van der Waals surface area contributed by atoms with Crippen LogP contribution in [0.2, 0.25) is 0 Å². The van der Waals surface area contributed by atoms with Crippen LogP contribution >= 0.6 is 0 Å². The topological polar surface area (TPSA) is 112 Å². The standard InChI is InChI=1S/C30H33FN6O4/c1-4-23(38)37-12-6-7-18(37)14-41-22-13-32-11-10-19(22)25-26(34-21-9-5-8-20(31)27(21)40-3)24-28(35-25)30(15-33-29(24)39)16-36(2)17-30/h4-5,8-11,13,18,34-35H,1,6-7,12,14-17H2,2-3H3,(H,33,39)/t18-/m0/s1. The van der Waals surface area contributed by atoms with Crippen molar-refractivity contribution in [3.8, 4) is 22.8 Å². The number of carbonyl (C=O) groups excluding carboxylic acids is 2. The quantitative estimate of drug-likeness (QED) is 0.362. The van der Waals surface area contributed by atoms with Gasteiger partial charge < -0.3 is 34.9 Å². The number of carbonyl (C=O) groups is 2. The number of methoxy groups -OCH3 is 1. The highest BCUT2D eigenvalue weighted by Gasteiger charge is 2.50. The van der Waals surface area contributed by atoms with E-state index in [1.54, 1.807) is 29.4 Å². The lowest BCUT2D eigenvalue weighted by Gasteiger charge is -2.50. The molecule has 1 aromatic carbocycles. The van der Waals surface area contributed by atoms with E-state index < -0.39 is 5.82 Å². The molecule has 0 saturated carbocycles. The Morgan fingerprint density at radius 3 is 2.93 bits per heavy atom. The molecule has 0 unspecified atom stereocenters. The van der Waals surface area contributed by atoms with Gasteiger partial charge >= 0.3 is 0 Å². The summed E-state index contributed by atoms with van der Waals surface area (Å²) in [5, 5.41) is 6.37. The van der Waals surface area contributed by atoms with E-state index in [1.807, 2.05) is 13.1 Å². The molecule has 2 fully saturated rings. The van der Waals surface area contributed by atoms with E-state index in [9.17, 15) is 14.0 Å². The number of pyridine rings is 1. The lowest BCUT2D eigenvalue weighted by atomic mass is 9.73. The second kappa shape index (κ2) is 10.5. The van der Waals surface area contributed by atoms with Crippen molar-refractivity contribution in [1.82, 2.24) is 25.1 Å². The van der Waals surface area contributed by atoms with Crippen LogP contribution in [0.15, 0.2) is 49.3 Å². The Kier molecular flexibility index (Phi) is 6.90. The Morgan fingerprint density at radius 1 is 1.34 bits per heavy atom. The van der Waals surface area contributed by atoms with Crippen LogP contribution in [0.3, 0.4) is 0 Å². The van der Waals surface area contributed by atoms with Gasteiger partial charge in [-0.05, 0) is 44.2 Å². The van der Waals surface area contributed by atoms with Crippen LogP contribution in [0.25, 0.3) is 11.3 Å². The number of likely N-dealkylation sites (tertiary alicyclic amines) is 2. The number of nitrogens with zero attached hydrogens (tertiary/aromatic N) is 3. The molecule has 1 atom stereocenters. The fourth-order valence-corrected chi connectivity index (χ4v) is 6.39. The smallest absolute Gasteiger partial charge is 0.255 e. The van der Waals surface area contributed by atoms with Gasteiger partial charge in [-0.2, -0.15) is 0 Å². The molecule has 3 aliphatic rings. The predicted octanol–water partition coefficient (Wildman–Crippen LogP) is 3.45. The zero-order chi connectivity index (χ0) is 28.7. The van der Waals surface area contributed by atoms with Gasteiger partial charge in [-0.1, -0.05) is 12.6 Å². The fourth-order valence-electron chi connectivity index (χ4n) is 6.39. The van der Waals surface area contributed by atoms with Gasteiger partial charge in [0.05, 0.1) is 47.4 Å². The summed E-state index contributed by atoms with van der Waals surface area (Å²) in [6, 6.07) is 6.34. The van der Waals surface area contributed by atoms with Gasteiger partial charge in [-0.15, -0.1) is 0 Å². The van der Waals surface area contributed by atoms with Crippen molar-refractivity contribution in [2.24, 2.45) is 0 Å². The molecule has 6 rings (SSSR count). The van der Waals surface area contributed by atoms with Crippen LogP contribution in [-0.2, 0) is 10.2 Å². The van der Waals surface area contributed by atoms with Crippen LogP contribution in [0, 0.1) is 5.82 Å². The van der Waals surface area contributed by atoms with E-state index >= 15 is 0 Å². The number of halogens is 1. The summed E-state index contributed by atoms with van der Waals surface area (Å²) < 4.78 is 26.3. The third-order valence-electron chi connectivity index (χ3n) is 8.24. The zero-order valence-electron chi connectivity index (χ0n) is 23.1. The van der Waals surface area contributed by atoms with E-state index in [0.29, 0.717) is 47.0 Å². The molecule has 3 aromatic rings. The number of para-hydroxylation sites is 1. The number of amides is 2. The van der Waals surface area contributed by atoms with Crippen molar-refractivity contribution in [3.63, 3.8) is 0 Å². The molecule has 3 aliphatic heterocycles. The van der Waals surface area contributed by atoms with Crippen LogP contribution in [0.4, 0.5) is 15.8 Å². The molecule has 2 aromatic heterocycles. The molecule has 11 heteroatoms. The molecule has 0 aliphatic carbocycles. The Hall–Kier alpha value is -4.38. The lowest BCUT2D eigenvalue weighted by Crippen LogP contribution is -2.65. The van der Waals surface area contributed by atoms with Crippen molar-refractivity contribution in [2.45, 2.75) is 24.3 Å². The maximum atomic E-state index is 14.7. The number of anilines is 2. The van der Waals surface area contributed by atoms with Gasteiger partial charge in [-0.25, -0.2) is 4.39 Å². The first-order valence-electron chi connectivity index (χ1n) is 13.7. The number of rotatable bonds is 8. The van der Waals surface area contributed by atoms with Crippen molar-refractivity contribution in [3.05, 3.63) is 66.4 Å². The molecule has 0 bridgehead atoms. The van der Waals surface area contributed by atoms with E-state index in [-0.39, 0.29) is 35.6 Å². The summed E-state index contributed by atoms with van der Waals surface area (Å²) in [6.07, 6.45) is 6.34. The lowest BCUT2D eigenvalue weighted by molar-refractivity contribution is -0.127. The first-order valence-corrected chi connectivity index (χ1v) is 13.7. The number of fused-ring (bicyclic) bond motifs is 2. The van der Waals surface area contributed by atoms with Gasteiger partial charge in [-0.3, -0.25) is 14.6 Å². The number of ether oxygens (including phenoxy) is 2. The van der Waals surface area contributed by atoms with Crippen LogP contribution in [-0.4, -0.2) is 84.6 Å². The van der Waals surface area contributed by atoms with Crippen molar-refractivity contribution in [1.29, 1.82) is 0 Å². The number of aromatic nitrogens is 2. The van der Waals surface area contributed by atoms with E-state index in [4.69, 9.17) is 9.47 Å². The monoisotopic (exact) mass is 560 g/mol. The molecule has 3 N–H and O–H groups in total. The number of nitrogens with one attached hydrogen (secondary N) is 3. The highest BCUT2D eigenvalue weighted by atomic mass is 19.1. The van der Waals surface area contributed by atoms with Crippen LogP contribution in [0.1, 0.15) is 28.9 Å². The van der Waals surface area contributed by atoms with E-state index in [1.165, 1.54) is 19.3 Å². The molecule has 5 heterocycles. The molecule has 2 saturated heterocycles. The van der Waals surface area contributed by atoms with Crippen molar-refractivity contribution >= 4 is 23.2 Å². The highest BCUT2D eigenvalue weighted by Crippen LogP contribution is 2.47. The summed E-state index contributed by atoms with van der Waals surface area (Å²) in [7, 11) is 3.45. The van der Waals surface area contributed by atoms with Gasteiger partial charge in [0.1, 0.15) is 12.4 Å². The average molecular weight is 561 g/mol. The zero-order valence-corrected chi connectivity index (χ0v) is 23.1. The first-order chi connectivity index (χ1) is 19.8. The number of hydrogen-bond acceptors (Lipinski definition) is 7. The molecule has 2 amide bonds. The molecule has 1 spiro atoms. The van der Waals surface area contributed by atoms with E-state index in [2.05, 4.69) is 32.1 Å².